The Bertz CT molecular complexity index is 239. The first kappa shape index (κ1) is 12.9. The minimum Gasteiger partial charge on any atom is -0.353 e. The Kier molecular flexibility index (Phi) is 4.84. The van der Waals surface area contributed by atoms with Crippen LogP contribution < -0.4 is 11.1 Å². The predicted molar refractivity (Wildman–Crippen MR) is 69.6 cm³/mol. The van der Waals surface area contributed by atoms with Crippen LogP contribution >= 0.6 is 0 Å². The van der Waals surface area contributed by atoms with Crippen molar-refractivity contribution in [2.24, 2.45) is 11.7 Å². The molecule has 2 aliphatic carbocycles. The van der Waals surface area contributed by atoms with E-state index in [1.54, 1.807) is 0 Å². The highest BCUT2D eigenvalue weighted by Crippen LogP contribution is 2.24. The van der Waals surface area contributed by atoms with Crippen LogP contribution in [0.3, 0.4) is 0 Å². The maximum absolute atomic E-state index is 12.2. The van der Waals surface area contributed by atoms with E-state index >= 15 is 0 Å². The van der Waals surface area contributed by atoms with Crippen LogP contribution in [0.4, 0.5) is 0 Å². The lowest BCUT2D eigenvalue weighted by atomic mass is 9.91. The van der Waals surface area contributed by atoms with E-state index in [-0.39, 0.29) is 5.92 Å². The van der Waals surface area contributed by atoms with Crippen LogP contribution in [0.2, 0.25) is 0 Å². The Morgan fingerprint density at radius 1 is 0.882 bits per heavy atom. The van der Waals surface area contributed by atoms with Crippen LogP contribution in [-0.4, -0.2) is 18.0 Å². The molecular weight excluding hydrogens is 212 g/mol. The zero-order valence-electron chi connectivity index (χ0n) is 10.8. The van der Waals surface area contributed by atoms with E-state index in [2.05, 4.69) is 5.32 Å². The second-order valence-corrected chi connectivity index (χ2v) is 5.81. The lowest BCUT2D eigenvalue weighted by molar-refractivity contribution is -0.126. The van der Waals surface area contributed by atoms with Gasteiger partial charge in [-0.05, 0) is 38.5 Å². The molecule has 0 aromatic rings. The molecule has 0 aromatic carbocycles. The van der Waals surface area contributed by atoms with Crippen LogP contribution in [0.5, 0.6) is 0 Å². The summed E-state index contributed by atoms with van der Waals surface area (Å²) in [5, 5.41) is 3.24. The highest BCUT2D eigenvalue weighted by Gasteiger charge is 2.24. The number of carbonyl (C=O) groups excluding carboxylic acids is 1. The van der Waals surface area contributed by atoms with Gasteiger partial charge in [0.15, 0.2) is 0 Å². The topological polar surface area (TPSA) is 55.1 Å². The maximum atomic E-state index is 12.2. The molecule has 0 unspecified atom stereocenters. The fourth-order valence-electron chi connectivity index (χ4n) is 3.12. The molecule has 0 aliphatic heterocycles. The van der Waals surface area contributed by atoms with E-state index in [1.807, 2.05) is 0 Å². The van der Waals surface area contributed by atoms with Gasteiger partial charge in [0.05, 0.1) is 0 Å². The third-order valence-electron chi connectivity index (χ3n) is 4.34. The molecule has 3 N–H and O–H groups in total. The third kappa shape index (κ3) is 3.98. The average molecular weight is 238 g/mol. The molecule has 0 bridgehead atoms. The SMILES string of the molecule is NC1CCC(NC(=O)C2CCCCCC2)CC1. The molecule has 2 fully saturated rings. The molecule has 98 valence electrons. The molecule has 1 amide bonds. The van der Waals surface area contributed by atoms with E-state index in [0.717, 1.165) is 38.5 Å². The fourth-order valence-corrected chi connectivity index (χ4v) is 3.12. The number of hydrogen-bond acceptors (Lipinski definition) is 2. The quantitative estimate of drug-likeness (QED) is 0.726. The molecule has 17 heavy (non-hydrogen) atoms. The maximum Gasteiger partial charge on any atom is 0.223 e. The Morgan fingerprint density at radius 2 is 1.47 bits per heavy atom. The van der Waals surface area contributed by atoms with Gasteiger partial charge in [-0.1, -0.05) is 25.7 Å². The van der Waals surface area contributed by atoms with Gasteiger partial charge in [0.2, 0.25) is 5.91 Å². The fraction of sp³-hybridized carbons (Fsp3) is 0.929. The zero-order chi connectivity index (χ0) is 12.1. The largest absolute Gasteiger partial charge is 0.353 e. The first-order valence-corrected chi connectivity index (χ1v) is 7.31. The number of nitrogens with two attached hydrogens (primary N) is 1. The first-order chi connectivity index (χ1) is 8.25. The summed E-state index contributed by atoms with van der Waals surface area (Å²) < 4.78 is 0. The lowest BCUT2D eigenvalue weighted by Gasteiger charge is -2.28. The van der Waals surface area contributed by atoms with Gasteiger partial charge in [0.25, 0.3) is 0 Å². The molecule has 2 aliphatic rings. The molecule has 0 saturated heterocycles. The van der Waals surface area contributed by atoms with E-state index in [9.17, 15) is 4.79 Å². The van der Waals surface area contributed by atoms with E-state index in [4.69, 9.17) is 5.73 Å². The summed E-state index contributed by atoms with van der Waals surface area (Å²) in [6.07, 6.45) is 11.5. The summed E-state index contributed by atoms with van der Waals surface area (Å²) in [5.74, 6) is 0.598. The van der Waals surface area contributed by atoms with Gasteiger partial charge in [0, 0.05) is 18.0 Å². The Morgan fingerprint density at radius 3 is 2.06 bits per heavy atom. The van der Waals surface area contributed by atoms with Crippen molar-refractivity contribution in [3.63, 3.8) is 0 Å². The van der Waals surface area contributed by atoms with Crippen molar-refractivity contribution in [3.8, 4) is 0 Å². The van der Waals surface area contributed by atoms with Gasteiger partial charge in [-0.2, -0.15) is 0 Å². The van der Waals surface area contributed by atoms with Crippen molar-refractivity contribution in [1.82, 2.24) is 5.32 Å². The average Bonchev–Trinajstić information content (AvgIpc) is 2.61. The Labute approximate surface area is 105 Å². The molecule has 0 atom stereocenters. The van der Waals surface area contributed by atoms with Gasteiger partial charge < -0.3 is 11.1 Å². The summed E-state index contributed by atoms with van der Waals surface area (Å²) in [6.45, 7) is 0. The van der Waals surface area contributed by atoms with Crippen LogP contribution in [0.1, 0.15) is 64.2 Å². The van der Waals surface area contributed by atoms with Gasteiger partial charge in [0.1, 0.15) is 0 Å². The zero-order valence-corrected chi connectivity index (χ0v) is 10.8. The van der Waals surface area contributed by atoms with Gasteiger partial charge >= 0.3 is 0 Å². The van der Waals surface area contributed by atoms with Crippen molar-refractivity contribution in [2.45, 2.75) is 76.3 Å². The third-order valence-corrected chi connectivity index (χ3v) is 4.34. The highest BCUT2D eigenvalue weighted by atomic mass is 16.1. The molecule has 2 rings (SSSR count). The number of carbonyl (C=O) groups is 1. The lowest BCUT2D eigenvalue weighted by Crippen LogP contribution is -2.42. The van der Waals surface area contributed by atoms with E-state index in [1.165, 1.54) is 25.7 Å². The van der Waals surface area contributed by atoms with Crippen molar-refractivity contribution in [1.29, 1.82) is 0 Å². The molecule has 0 heterocycles. The van der Waals surface area contributed by atoms with Crippen molar-refractivity contribution in [3.05, 3.63) is 0 Å². The van der Waals surface area contributed by atoms with Crippen molar-refractivity contribution < 1.29 is 4.79 Å². The molecular formula is C14H26N2O. The number of hydrogen-bond donors (Lipinski definition) is 2. The molecule has 2 saturated carbocycles. The second kappa shape index (κ2) is 6.39. The Balaban J connectivity index is 1.75. The van der Waals surface area contributed by atoms with Crippen molar-refractivity contribution in [2.75, 3.05) is 0 Å². The minimum absolute atomic E-state index is 0.285. The Hall–Kier alpha value is -0.570. The van der Waals surface area contributed by atoms with Gasteiger partial charge in [-0.25, -0.2) is 0 Å². The van der Waals surface area contributed by atoms with Gasteiger partial charge in [-0.15, -0.1) is 0 Å². The monoisotopic (exact) mass is 238 g/mol. The number of amides is 1. The molecule has 0 spiro atoms. The molecule has 0 aromatic heterocycles. The molecule has 3 heteroatoms. The van der Waals surface area contributed by atoms with Crippen LogP contribution in [0.15, 0.2) is 0 Å². The second-order valence-electron chi connectivity index (χ2n) is 5.81. The summed E-state index contributed by atoms with van der Waals surface area (Å²) in [4.78, 5) is 12.2. The number of nitrogens with one attached hydrogen (secondary N) is 1. The molecule has 0 radical (unpaired) electrons. The van der Waals surface area contributed by atoms with Crippen LogP contribution in [0, 0.1) is 5.92 Å². The normalized spacial score (nSPS) is 31.8. The van der Waals surface area contributed by atoms with E-state index < -0.39 is 0 Å². The first-order valence-electron chi connectivity index (χ1n) is 7.31. The number of rotatable bonds is 2. The standard InChI is InChI=1S/C14H26N2O/c15-12-7-9-13(10-8-12)16-14(17)11-5-3-1-2-4-6-11/h11-13H,1-10,15H2,(H,16,17). The van der Waals surface area contributed by atoms with Crippen LogP contribution in [0.25, 0.3) is 0 Å². The van der Waals surface area contributed by atoms with Gasteiger partial charge in [-0.3, -0.25) is 4.79 Å². The smallest absolute Gasteiger partial charge is 0.223 e. The van der Waals surface area contributed by atoms with Crippen LogP contribution in [-0.2, 0) is 4.79 Å². The summed E-state index contributed by atoms with van der Waals surface area (Å²) in [7, 11) is 0. The highest BCUT2D eigenvalue weighted by molar-refractivity contribution is 5.78. The van der Waals surface area contributed by atoms with Crippen molar-refractivity contribution >= 4 is 5.91 Å². The van der Waals surface area contributed by atoms with E-state index in [0.29, 0.717) is 18.0 Å². The minimum atomic E-state index is 0.285. The summed E-state index contributed by atoms with van der Waals surface area (Å²) in [6, 6.07) is 0.756. The predicted octanol–water partition coefficient (Wildman–Crippen LogP) is 2.34. The summed E-state index contributed by atoms with van der Waals surface area (Å²) >= 11 is 0. The molecule has 3 nitrogen and oxygen atoms in total. The summed E-state index contributed by atoms with van der Waals surface area (Å²) in [5.41, 5.74) is 5.88.